The van der Waals surface area contributed by atoms with Crippen molar-refractivity contribution in [2.45, 2.75) is 13.3 Å². The molecule has 5 rings (SSSR count). The van der Waals surface area contributed by atoms with Crippen molar-refractivity contribution in [3.05, 3.63) is 84.7 Å². The van der Waals surface area contributed by atoms with Crippen LogP contribution in [0.1, 0.15) is 23.8 Å². The molecule has 0 saturated carbocycles. The highest BCUT2D eigenvalue weighted by molar-refractivity contribution is 7.21. The van der Waals surface area contributed by atoms with Crippen molar-refractivity contribution in [2.75, 3.05) is 23.8 Å². The first-order valence-electron chi connectivity index (χ1n) is 12.1. The van der Waals surface area contributed by atoms with Crippen LogP contribution in [0.15, 0.2) is 79.0 Å². The summed E-state index contributed by atoms with van der Waals surface area (Å²) in [6, 6.07) is 22.2. The predicted molar refractivity (Wildman–Crippen MR) is 148 cm³/mol. The lowest BCUT2D eigenvalue weighted by Crippen LogP contribution is -2.17. The van der Waals surface area contributed by atoms with Crippen LogP contribution in [0.2, 0.25) is 0 Å². The van der Waals surface area contributed by atoms with Gasteiger partial charge in [0.25, 0.3) is 5.91 Å². The summed E-state index contributed by atoms with van der Waals surface area (Å²) in [7, 11) is 0. The minimum atomic E-state index is -0.398. The number of esters is 1. The summed E-state index contributed by atoms with van der Waals surface area (Å²) >= 11 is 1.46. The number of carbonyl (C=O) groups excluding carboxylic acids is 2. The van der Waals surface area contributed by atoms with Crippen LogP contribution in [-0.2, 0) is 9.53 Å². The number of benzene rings is 2. The maximum Gasteiger partial charge on any atom is 0.307 e. The smallest absolute Gasteiger partial charge is 0.307 e. The first-order chi connectivity index (χ1) is 18.6. The molecule has 0 aliphatic rings. The molecule has 2 aromatic carbocycles. The van der Waals surface area contributed by atoms with Crippen molar-refractivity contribution >= 4 is 45.1 Å². The Morgan fingerprint density at radius 2 is 1.76 bits per heavy atom. The van der Waals surface area contributed by atoms with Gasteiger partial charge in [-0.3, -0.25) is 9.59 Å². The molecule has 0 spiro atoms. The van der Waals surface area contributed by atoms with Crippen LogP contribution in [-0.4, -0.2) is 45.0 Å². The highest BCUT2D eigenvalue weighted by Crippen LogP contribution is 2.33. The molecule has 0 radical (unpaired) electrons. The SMILES string of the molecule is CCOC(=O)CCNc1cc(C(=O)Nc2ccccc2-c2nc3cccnc3s2)nc(-c2ccccc2)n1. The number of thiazole rings is 1. The molecule has 3 heterocycles. The van der Waals surface area contributed by atoms with Crippen LogP contribution in [0.4, 0.5) is 11.5 Å². The van der Waals surface area contributed by atoms with E-state index >= 15 is 0 Å². The Balaban J connectivity index is 1.43. The first kappa shape index (κ1) is 25.0. The molecule has 0 unspecified atom stereocenters. The molecule has 0 aliphatic heterocycles. The molecule has 0 atom stereocenters. The molecule has 0 aliphatic carbocycles. The number of pyridine rings is 1. The molecule has 38 heavy (non-hydrogen) atoms. The zero-order valence-corrected chi connectivity index (χ0v) is 21.4. The summed E-state index contributed by atoms with van der Waals surface area (Å²) < 4.78 is 4.98. The van der Waals surface area contributed by atoms with Gasteiger partial charge in [-0.15, -0.1) is 0 Å². The van der Waals surface area contributed by atoms with E-state index in [9.17, 15) is 9.59 Å². The summed E-state index contributed by atoms with van der Waals surface area (Å²) in [5.41, 5.74) is 3.13. The monoisotopic (exact) mass is 524 g/mol. The van der Waals surface area contributed by atoms with Gasteiger partial charge in [0.05, 0.1) is 18.7 Å². The second-order valence-corrected chi connectivity index (χ2v) is 9.13. The van der Waals surface area contributed by atoms with E-state index in [-0.39, 0.29) is 18.1 Å². The number of carbonyl (C=O) groups is 2. The molecule has 190 valence electrons. The lowest BCUT2D eigenvalue weighted by molar-refractivity contribution is -0.142. The van der Waals surface area contributed by atoms with Crippen molar-refractivity contribution in [2.24, 2.45) is 0 Å². The van der Waals surface area contributed by atoms with Gasteiger partial charge in [0, 0.05) is 29.9 Å². The van der Waals surface area contributed by atoms with Crippen LogP contribution < -0.4 is 10.6 Å². The van der Waals surface area contributed by atoms with Crippen LogP contribution >= 0.6 is 11.3 Å². The molecule has 0 fully saturated rings. The Labute approximate surface area is 223 Å². The Morgan fingerprint density at radius 1 is 0.947 bits per heavy atom. The van der Waals surface area contributed by atoms with Gasteiger partial charge < -0.3 is 15.4 Å². The normalized spacial score (nSPS) is 10.8. The average molecular weight is 525 g/mol. The number of nitrogens with zero attached hydrogens (tertiary/aromatic N) is 4. The van der Waals surface area contributed by atoms with Crippen LogP contribution in [0.5, 0.6) is 0 Å². The number of hydrogen-bond donors (Lipinski definition) is 2. The van der Waals surface area contributed by atoms with Crippen molar-refractivity contribution in [3.63, 3.8) is 0 Å². The van der Waals surface area contributed by atoms with Crippen molar-refractivity contribution < 1.29 is 14.3 Å². The molecular formula is C28H24N6O3S. The topological polar surface area (TPSA) is 119 Å². The number of rotatable bonds is 9. The van der Waals surface area contributed by atoms with Gasteiger partial charge in [0.15, 0.2) is 5.82 Å². The summed E-state index contributed by atoms with van der Waals surface area (Å²) in [5, 5.41) is 6.84. The van der Waals surface area contributed by atoms with Crippen molar-refractivity contribution in [1.29, 1.82) is 0 Å². The van der Waals surface area contributed by atoms with E-state index in [2.05, 4.69) is 30.6 Å². The quantitative estimate of drug-likeness (QED) is 0.245. The Bertz CT molecular complexity index is 1560. The summed E-state index contributed by atoms with van der Waals surface area (Å²) in [5.74, 6) is 0.114. The number of ether oxygens (including phenoxy) is 1. The zero-order chi connectivity index (χ0) is 26.3. The van der Waals surface area contributed by atoms with Crippen LogP contribution in [0.25, 0.3) is 32.3 Å². The highest BCUT2D eigenvalue weighted by atomic mass is 32.1. The van der Waals surface area contributed by atoms with E-state index in [1.54, 1.807) is 19.2 Å². The second-order valence-electron chi connectivity index (χ2n) is 8.16. The lowest BCUT2D eigenvalue weighted by Gasteiger charge is -2.12. The number of nitrogens with one attached hydrogen (secondary N) is 2. The molecule has 9 nitrogen and oxygen atoms in total. The third-order valence-corrected chi connectivity index (χ3v) is 6.52. The molecule has 5 aromatic rings. The standard InChI is InChI=1S/C28H24N6O3S/c1-2-37-24(35)14-16-29-23-17-22(31-25(34-23)18-9-4-3-5-10-18)26(36)32-20-12-7-6-11-19(20)27-33-21-13-8-15-30-28(21)38-27/h3-13,15,17H,2,14,16H2,1H3,(H,32,36)(H,29,31,34). The third-order valence-electron chi connectivity index (χ3n) is 5.50. The molecule has 0 saturated heterocycles. The zero-order valence-electron chi connectivity index (χ0n) is 20.5. The summed E-state index contributed by atoms with van der Waals surface area (Å²) in [6.45, 7) is 2.39. The summed E-state index contributed by atoms with van der Waals surface area (Å²) in [6.07, 6.45) is 1.90. The Hall–Kier alpha value is -4.70. The van der Waals surface area contributed by atoms with Gasteiger partial charge in [-0.05, 0) is 31.2 Å². The summed E-state index contributed by atoms with van der Waals surface area (Å²) in [4.78, 5) is 44.1. The highest BCUT2D eigenvalue weighted by Gasteiger charge is 2.17. The number of fused-ring (bicyclic) bond motifs is 1. The fourth-order valence-electron chi connectivity index (χ4n) is 3.75. The average Bonchev–Trinajstić information content (AvgIpc) is 3.38. The number of hydrogen-bond acceptors (Lipinski definition) is 9. The van der Waals surface area contributed by atoms with Gasteiger partial charge in [0.2, 0.25) is 0 Å². The molecule has 0 bridgehead atoms. The van der Waals surface area contributed by atoms with Gasteiger partial charge in [-0.25, -0.2) is 19.9 Å². The van der Waals surface area contributed by atoms with E-state index in [0.717, 1.165) is 26.5 Å². The molecule has 10 heteroatoms. The third kappa shape index (κ3) is 5.81. The Morgan fingerprint density at radius 3 is 2.58 bits per heavy atom. The first-order valence-corrected chi connectivity index (χ1v) is 12.9. The van der Waals surface area contributed by atoms with Crippen molar-refractivity contribution in [1.82, 2.24) is 19.9 Å². The lowest BCUT2D eigenvalue weighted by atomic mass is 10.1. The predicted octanol–water partition coefficient (Wildman–Crippen LogP) is 5.43. The van der Waals surface area contributed by atoms with Crippen LogP contribution in [0.3, 0.4) is 0 Å². The largest absolute Gasteiger partial charge is 0.466 e. The second kappa shape index (κ2) is 11.6. The number of anilines is 2. The number of aromatic nitrogens is 4. The molecule has 1 amide bonds. The van der Waals surface area contributed by atoms with E-state index in [1.807, 2.05) is 66.7 Å². The van der Waals surface area contributed by atoms with Gasteiger partial charge in [-0.1, -0.05) is 53.8 Å². The fraction of sp³-hybridized carbons (Fsp3) is 0.143. The maximum atomic E-state index is 13.4. The number of amides is 1. The van der Waals surface area contributed by atoms with E-state index in [0.29, 0.717) is 30.5 Å². The van der Waals surface area contributed by atoms with Crippen LogP contribution in [0, 0.1) is 0 Å². The maximum absolute atomic E-state index is 13.4. The van der Waals surface area contributed by atoms with Gasteiger partial charge in [0.1, 0.15) is 26.9 Å². The molecule has 2 N–H and O–H groups in total. The van der Waals surface area contributed by atoms with Crippen molar-refractivity contribution in [3.8, 4) is 22.0 Å². The van der Waals surface area contributed by atoms with E-state index in [4.69, 9.17) is 4.74 Å². The van der Waals surface area contributed by atoms with Gasteiger partial charge >= 0.3 is 5.97 Å². The molecule has 3 aromatic heterocycles. The minimum Gasteiger partial charge on any atom is -0.466 e. The fourth-order valence-corrected chi connectivity index (χ4v) is 4.69. The van der Waals surface area contributed by atoms with E-state index < -0.39 is 5.91 Å². The number of para-hydroxylation sites is 1. The minimum absolute atomic E-state index is 0.171. The molecular weight excluding hydrogens is 500 g/mol. The van der Waals surface area contributed by atoms with Gasteiger partial charge in [-0.2, -0.15) is 0 Å². The Kier molecular flexibility index (Phi) is 7.60. The van der Waals surface area contributed by atoms with E-state index in [1.165, 1.54) is 11.3 Å².